The molecule has 1 saturated heterocycles. The molecule has 1 atom stereocenters. The first-order valence-corrected chi connectivity index (χ1v) is 9.70. The largest absolute Gasteiger partial charge is 0.394 e. The first kappa shape index (κ1) is 17.9. The monoisotopic (exact) mass is 361 g/mol. The summed E-state index contributed by atoms with van der Waals surface area (Å²) in [7, 11) is 0. The fourth-order valence-electron chi connectivity index (χ4n) is 3.33. The molecule has 25 heavy (non-hydrogen) atoms. The second kappa shape index (κ2) is 8.01. The van der Waals surface area contributed by atoms with E-state index in [-0.39, 0.29) is 30.7 Å². The van der Waals surface area contributed by atoms with E-state index in [1.807, 2.05) is 30.8 Å². The minimum absolute atomic E-state index is 0.0832. The van der Waals surface area contributed by atoms with Gasteiger partial charge in [-0.15, -0.1) is 0 Å². The molecule has 0 spiro atoms. The van der Waals surface area contributed by atoms with E-state index in [0.29, 0.717) is 17.0 Å². The van der Waals surface area contributed by atoms with Crippen molar-refractivity contribution in [1.29, 1.82) is 0 Å². The Hall–Kier alpha value is -1.86. The predicted molar refractivity (Wildman–Crippen MR) is 99.8 cm³/mol. The number of nitrogens with one attached hydrogen (secondary N) is 1. The van der Waals surface area contributed by atoms with Crippen LogP contribution in [0.5, 0.6) is 0 Å². The highest BCUT2D eigenvalue weighted by atomic mass is 32.2. The Bertz CT molecular complexity index is 815. The van der Waals surface area contributed by atoms with Crippen LogP contribution in [0, 0.1) is 12.8 Å². The number of carbonyl (C=O) groups is 1. The van der Waals surface area contributed by atoms with E-state index in [9.17, 15) is 14.7 Å². The lowest BCUT2D eigenvalue weighted by Crippen LogP contribution is -2.46. The first-order valence-electron chi connectivity index (χ1n) is 8.54. The smallest absolute Gasteiger partial charge is 0.275 e. The minimum atomic E-state index is -0.290. The molecular weight excluding hydrogens is 338 g/mol. The quantitative estimate of drug-likeness (QED) is 0.839. The van der Waals surface area contributed by atoms with E-state index >= 15 is 0 Å². The summed E-state index contributed by atoms with van der Waals surface area (Å²) in [4.78, 5) is 24.9. The highest BCUT2D eigenvalue weighted by Gasteiger charge is 2.25. The zero-order valence-electron chi connectivity index (χ0n) is 14.3. The van der Waals surface area contributed by atoms with Gasteiger partial charge in [-0.3, -0.25) is 9.59 Å². The molecule has 2 heterocycles. The Morgan fingerprint density at radius 1 is 1.36 bits per heavy atom. The molecule has 7 heteroatoms. The van der Waals surface area contributed by atoms with Crippen molar-refractivity contribution in [2.45, 2.75) is 32.4 Å². The number of benzene rings is 1. The second-order valence-corrected chi connectivity index (χ2v) is 7.62. The van der Waals surface area contributed by atoms with Crippen molar-refractivity contribution in [3.8, 4) is 0 Å². The zero-order valence-corrected chi connectivity index (χ0v) is 15.1. The second-order valence-electron chi connectivity index (χ2n) is 6.40. The molecule has 1 aromatic heterocycles. The molecule has 0 aliphatic carbocycles. The average molecular weight is 361 g/mol. The van der Waals surface area contributed by atoms with Crippen molar-refractivity contribution in [3.05, 3.63) is 40.3 Å². The Labute approximate surface area is 150 Å². The highest BCUT2D eigenvalue weighted by molar-refractivity contribution is 7.99. The lowest BCUT2D eigenvalue weighted by atomic mass is 9.94. The molecular formula is C18H23N3O3S. The van der Waals surface area contributed by atoms with Gasteiger partial charge in [0.15, 0.2) is 0 Å². The number of nitrogens with zero attached hydrogens (tertiary/aromatic N) is 2. The van der Waals surface area contributed by atoms with Gasteiger partial charge in [-0.1, -0.05) is 18.2 Å². The third-order valence-electron chi connectivity index (χ3n) is 4.72. The van der Waals surface area contributed by atoms with Gasteiger partial charge in [-0.2, -0.15) is 16.9 Å². The third-order valence-corrected chi connectivity index (χ3v) is 5.77. The van der Waals surface area contributed by atoms with Crippen LogP contribution >= 0.6 is 11.8 Å². The van der Waals surface area contributed by atoms with Crippen LogP contribution in [0.3, 0.4) is 0 Å². The molecule has 134 valence electrons. The predicted octanol–water partition coefficient (Wildman–Crippen LogP) is 1.33. The molecule has 3 rings (SSSR count). The van der Waals surface area contributed by atoms with Crippen molar-refractivity contribution in [3.63, 3.8) is 0 Å². The Balaban J connectivity index is 1.75. The summed E-state index contributed by atoms with van der Waals surface area (Å²) in [6, 6.07) is 7.01. The molecule has 2 aromatic rings. The topological polar surface area (TPSA) is 84.2 Å². The number of aliphatic hydroxyl groups is 1. The van der Waals surface area contributed by atoms with Crippen molar-refractivity contribution >= 4 is 28.4 Å². The van der Waals surface area contributed by atoms with Gasteiger partial charge in [-0.25, -0.2) is 4.68 Å². The number of amides is 1. The average Bonchev–Trinajstić information content (AvgIpc) is 2.64. The Kier molecular flexibility index (Phi) is 5.75. The van der Waals surface area contributed by atoms with Gasteiger partial charge in [0.05, 0.1) is 23.7 Å². The van der Waals surface area contributed by atoms with Gasteiger partial charge >= 0.3 is 0 Å². The number of hydrogen-bond acceptors (Lipinski definition) is 5. The minimum Gasteiger partial charge on any atom is -0.394 e. The van der Waals surface area contributed by atoms with Crippen molar-refractivity contribution in [1.82, 2.24) is 15.1 Å². The normalized spacial score (nSPS) is 16.7. The maximum absolute atomic E-state index is 12.5. The van der Waals surface area contributed by atoms with Gasteiger partial charge in [-0.05, 0) is 43.3 Å². The first-order chi connectivity index (χ1) is 12.1. The van der Waals surface area contributed by atoms with Crippen LogP contribution < -0.4 is 10.9 Å². The van der Waals surface area contributed by atoms with Gasteiger partial charge < -0.3 is 10.4 Å². The number of fused-ring (bicyclic) bond motifs is 1. The molecule has 0 saturated carbocycles. The zero-order chi connectivity index (χ0) is 17.8. The fourth-order valence-corrected chi connectivity index (χ4v) is 4.47. The van der Waals surface area contributed by atoms with Crippen LogP contribution in [0.2, 0.25) is 0 Å². The number of hydrogen-bond donors (Lipinski definition) is 2. The van der Waals surface area contributed by atoms with Crippen LogP contribution in [-0.2, 0) is 11.3 Å². The molecule has 1 aromatic carbocycles. The van der Waals surface area contributed by atoms with E-state index in [1.54, 1.807) is 12.1 Å². The van der Waals surface area contributed by atoms with Gasteiger partial charge in [0.1, 0.15) is 6.54 Å². The molecule has 0 bridgehead atoms. The summed E-state index contributed by atoms with van der Waals surface area (Å²) in [5.74, 6) is 2.11. The van der Waals surface area contributed by atoms with Crippen LogP contribution in [-0.4, -0.2) is 44.9 Å². The third kappa shape index (κ3) is 4.04. The molecule has 6 nitrogen and oxygen atoms in total. The van der Waals surface area contributed by atoms with E-state index in [4.69, 9.17) is 0 Å². The number of thioether (sulfide) groups is 1. The number of aryl methyl sites for hydroxylation is 1. The summed E-state index contributed by atoms with van der Waals surface area (Å²) in [6.45, 7) is 1.61. The standard InChI is InChI=1S/C18H23N3O3S/c1-12-14-4-2-3-5-15(14)18(24)21(20-12)10-17(23)19-16(11-22)13-6-8-25-9-7-13/h2-5,13,16,22H,6-11H2,1H3,(H,19,23)/t16-/m1/s1. The molecule has 1 aliphatic heterocycles. The molecule has 1 aliphatic rings. The molecule has 1 fully saturated rings. The van der Waals surface area contributed by atoms with Gasteiger partial charge in [0, 0.05) is 5.39 Å². The fraction of sp³-hybridized carbons (Fsp3) is 0.500. The lowest BCUT2D eigenvalue weighted by molar-refractivity contribution is -0.123. The number of carbonyl (C=O) groups excluding carboxylic acids is 1. The van der Waals surface area contributed by atoms with Gasteiger partial charge in [0.2, 0.25) is 5.91 Å². The summed E-state index contributed by atoms with van der Waals surface area (Å²) in [5.41, 5.74) is 0.442. The van der Waals surface area contributed by atoms with Crippen LogP contribution in [0.1, 0.15) is 18.5 Å². The van der Waals surface area contributed by atoms with Crippen LogP contribution in [0.25, 0.3) is 10.8 Å². The van der Waals surface area contributed by atoms with E-state index in [2.05, 4.69) is 10.4 Å². The molecule has 0 unspecified atom stereocenters. The summed E-state index contributed by atoms with van der Waals surface area (Å²) < 4.78 is 1.21. The maximum atomic E-state index is 12.5. The number of aromatic nitrogens is 2. The van der Waals surface area contributed by atoms with Crippen LogP contribution in [0.15, 0.2) is 29.1 Å². The summed E-state index contributed by atoms with van der Waals surface area (Å²) in [5, 5.41) is 18.1. The van der Waals surface area contributed by atoms with E-state index < -0.39 is 0 Å². The van der Waals surface area contributed by atoms with Crippen LogP contribution in [0.4, 0.5) is 0 Å². The summed E-state index contributed by atoms with van der Waals surface area (Å²) >= 11 is 1.90. The van der Waals surface area contributed by atoms with Crippen molar-refractivity contribution < 1.29 is 9.90 Å². The molecule has 1 amide bonds. The Morgan fingerprint density at radius 2 is 2.04 bits per heavy atom. The van der Waals surface area contributed by atoms with Gasteiger partial charge in [0.25, 0.3) is 5.56 Å². The van der Waals surface area contributed by atoms with Crippen molar-refractivity contribution in [2.24, 2.45) is 5.92 Å². The van der Waals surface area contributed by atoms with Crippen molar-refractivity contribution in [2.75, 3.05) is 18.1 Å². The SMILES string of the molecule is Cc1nn(CC(=O)N[C@H](CO)C2CCSCC2)c(=O)c2ccccc12. The highest BCUT2D eigenvalue weighted by Crippen LogP contribution is 2.25. The number of aliphatic hydroxyl groups excluding tert-OH is 1. The summed E-state index contributed by atoms with van der Waals surface area (Å²) in [6.07, 6.45) is 1.98. The Morgan fingerprint density at radius 3 is 2.72 bits per heavy atom. The molecule has 2 N–H and O–H groups in total. The van der Waals surface area contributed by atoms with E-state index in [1.165, 1.54) is 4.68 Å². The molecule has 0 radical (unpaired) electrons. The number of rotatable bonds is 5. The maximum Gasteiger partial charge on any atom is 0.275 e. The lowest BCUT2D eigenvalue weighted by Gasteiger charge is -2.29. The van der Waals surface area contributed by atoms with E-state index in [0.717, 1.165) is 29.7 Å².